The van der Waals surface area contributed by atoms with Gasteiger partial charge in [0.1, 0.15) is 0 Å². The van der Waals surface area contributed by atoms with E-state index in [2.05, 4.69) is 11.4 Å². The summed E-state index contributed by atoms with van der Waals surface area (Å²) in [6.45, 7) is 0.0846. The van der Waals surface area contributed by atoms with Crippen molar-refractivity contribution in [1.82, 2.24) is 0 Å². The number of hydrogen-bond donors (Lipinski definition) is 3. The molecule has 5 heteroatoms. The Morgan fingerprint density at radius 3 is 2.88 bits per heavy atom. The van der Waals surface area contributed by atoms with E-state index in [1.54, 1.807) is 6.07 Å². The van der Waals surface area contributed by atoms with Gasteiger partial charge in [-0.1, -0.05) is 0 Å². The normalized spacial score (nSPS) is 17.3. The van der Waals surface area contributed by atoms with E-state index >= 15 is 0 Å². The lowest BCUT2D eigenvalue weighted by atomic mass is 10.0. The van der Waals surface area contributed by atoms with Gasteiger partial charge < -0.3 is 10.2 Å². The van der Waals surface area contributed by atoms with Crippen molar-refractivity contribution >= 4 is 11.8 Å². The van der Waals surface area contributed by atoms with E-state index in [0.717, 1.165) is 11.1 Å². The molecule has 0 aliphatic heterocycles. The van der Waals surface area contributed by atoms with Crippen LogP contribution in [0.1, 0.15) is 16.7 Å². The molecule has 1 atom stereocenters. The molecule has 3 N–H and O–H groups in total. The first-order valence-electron chi connectivity index (χ1n) is 5.30. The molecule has 1 aliphatic carbocycles. The van der Waals surface area contributed by atoms with Crippen LogP contribution in [0.4, 0.5) is 10.5 Å². The number of nitrogens with one attached hydrogen (secondary N) is 1. The Morgan fingerprint density at radius 2 is 2.29 bits per heavy atom. The van der Waals surface area contributed by atoms with Gasteiger partial charge in [-0.3, -0.25) is 5.32 Å². The van der Waals surface area contributed by atoms with E-state index in [4.69, 9.17) is 15.5 Å². The standard InChI is InChI=1S/C12H12N2O3/c13-5-9-4-10(14-12(16)17)3-8-1-7(6-15)2-11(8)9/h3-4,7,14-15H,1-2,6H2,(H,16,17). The highest BCUT2D eigenvalue weighted by atomic mass is 16.4. The Labute approximate surface area is 98.3 Å². The zero-order valence-corrected chi connectivity index (χ0v) is 9.10. The third-order valence-corrected chi connectivity index (χ3v) is 2.97. The first kappa shape index (κ1) is 11.4. The summed E-state index contributed by atoms with van der Waals surface area (Å²) in [5.41, 5.74) is 2.78. The third-order valence-electron chi connectivity index (χ3n) is 2.97. The molecule has 5 nitrogen and oxygen atoms in total. The van der Waals surface area contributed by atoms with Gasteiger partial charge in [0.15, 0.2) is 0 Å². The number of nitriles is 1. The van der Waals surface area contributed by atoms with Crippen molar-refractivity contribution in [3.05, 3.63) is 28.8 Å². The maximum atomic E-state index is 10.6. The number of fused-ring (bicyclic) bond motifs is 1. The van der Waals surface area contributed by atoms with Crippen molar-refractivity contribution in [2.45, 2.75) is 12.8 Å². The number of anilines is 1. The summed E-state index contributed by atoms with van der Waals surface area (Å²) in [5.74, 6) is 0.136. The Hall–Kier alpha value is -2.06. The van der Waals surface area contributed by atoms with E-state index in [1.807, 2.05) is 0 Å². The first-order valence-corrected chi connectivity index (χ1v) is 5.30. The Balaban J connectivity index is 2.39. The number of rotatable bonds is 2. The van der Waals surface area contributed by atoms with Crippen LogP contribution in [-0.2, 0) is 12.8 Å². The van der Waals surface area contributed by atoms with Crippen LogP contribution in [0.25, 0.3) is 0 Å². The topological polar surface area (TPSA) is 93.4 Å². The van der Waals surface area contributed by atoms with Crippen LogP contribution < -0.4 is 5.32 Å². The molecule has 88 valence electrons. The minimum Gasteiger partial charge on any atom is -0.465 e. The summed E-state index contributed by atoms with van der Waals surface area (Å²) in [6.07, 6.45) is 0.225. The predicted molar refractivity (Wildman–Crippen MR) is 60.8 cm³/mol. The average molecular weight is 232 g/mol. The number of amides is 1. The third kappa shape index (κ3) is 2.22. The molecule has 0 spiro atoms. The maximum absolute atomic E-state index is 10.6. The molecule has 2 rings (SSSR count). The van der Waals surface area contributed by atoms with Gasteiger partial charge in [0, 0.05) is 12.3 Å². The second kappa shape index (κ2) is 4.44. The highest BCUT2D eigenvalue weighted by Gasteiger charge is 2.24. The molecule has 0 heterocycles. The molecule has 0 aromatic heterocycles. The van der Waals surface area contributed by atoms with Gasteiger partial charge >= 0.3 is 6.09 Å². The van der Waals surface area contributed by atoms with E-state index in [-0.39, 0.29) is 12.5 Å². The number of hydrogen-bond acceptors (Lipinski definition) is 3. The minimum absolute atomic E-state index is 0.0846. The summed E-state index contributed by atoms with van der Waals surface area (Å²) < 4.78 is 0. The van der Waals surface area contributed by atoms with Crippen molar-refractivity contribution in [3.8, 4) is 6.07 Å². The monoisotopic (exact) mass is 232 g/mol. The fourth-order valence-electron chi connectivity index (χ4n) is 2.25. The van der Waals surface area contributed by atoms with Crippen molar-refractivity contribution in [1.29, 1.82) is 5.26 Å². The Kier molecular flexibility index (Phi) is 2.98. The van der Waals surface area contributed by atoms with Crippen molar-refractivity contribution < 1.29 is 15.0 Å². The van der Waals surface area contributed by atoms with Crippen LogP contribution in [0, 0.1) is 17.2 Å². The fraction of sp³-hybridized carbons (Fsp3) is 0.333. The molecule has 1 aromatic rings. The zero-order valence-electron chi connectivity index (χ0n) is 9.10. The van der Waals surface area contributed by atoms with E-state index in [1.165, 1.54) is 6.07 Å². The fourth-order valence-corrected chi connectivity index (χ4v) is 2.25. The minimum atomic E-state index is -1.15. The van der Waals surface area contributed by atoms with Gasteiger partial charge in [-0.15, -0.1) is 0 Å². The maximum Gasteiger partial charge on any atom is 0.409 e. The molecule has 0 saturated heterocycles. The second-order valence-electron chi connectivity index (χ2n) is 4.16. The SMILES string of the molecule is N#Cc1cc(NC(=O)O)cc2c1CC(CO)C2. The van der Waals surface area contributed by atoms with Crippen LogP contribution in [0.15, 0.2) is 12.1 Å². The molecule has 1 unspecified atom stereocenters. The van der Waals surface area contributed by atoms with Gasteiger partial charge in [0.25, 0.3) is 0 Å². The number of carbonyl (C=O) groups is 1. The first-order chi connectivity index (χ1) is 8.13. The molecule has 1 amide bonds. The number of aliphatic hydroxyl groups excluding tert-OH is 1. The average Bonchev–Trinajstić information content (AvgIpc) is 2.69. The van der Waals surface area contributed by atoms with E-state index < -0.39 is 6.09 Å². The van der Waals surface area contributed by atoms with E-state index in [0.29, 0.717) is 24.1 Å². The summed E-state index contributed by atoms with van der Waals surface area (Å²) in [7, 11) is 0. The van der Waals surface area contributed by atoms with Crippen LogP contribution >= 0.6 is 0 Å². The second-order valence-corrected chi connectivity index (χ2v) is 4.16. The van der Waals surface area contributed by atoms with Crippen molar-refractivity contribution in [2.75, 3.05) is 11.9 Å². The van der Waals surface area contributed by atoms with Gasteiger partial charge in [0.2, 0.25) is 0 Å². The predicted octanol–water partition coefficient (Wildman–Crippen LogP) is 1.36. The highest BCUT2D eigenvalue weighted by molar-refractivity contribution is 5.83. The lowest BCUT2D eigenvalue weighted by Gasteiger charge is -2.06. The summed E-state index contributed by atoms with van der Waals surface area (Å²) >= 11 is 0. The number of benzene rings is 1. The van der Waals surface area contributed by atoms with Crippen LogP contribution in [0.5, 0.6) is 0 Å². The molecule has 1 aliphatic rings. The molecule has 1 aromatic carbocycles. The molecule has 17 heavy (non-hydrogen) atoms. The number of carboxylic acid groups (broad SMARTS) is 1. The van der Waals surface area contributed by atoms with Crippen LogP contribution in [0.3, 0.4) is 0 Å². The molecule has 0 bridgehead atoms. The molecular formula is C12H12N2O3. The van der Waals surface area contributed by atoms with Gasteiger partial charge in [-0.2, -0.15) is 5.26 Å². The van der Waals surface area contributed by atoms with Crippen LogP contribution in [0.2, 0.25) is 0 Å². The smallest absolute Gasteiger partial charge is 0.409 e. The zero-order chi connectivity index (χ0) is 12.4. The van der Waals surface area contributed by atoms with Crippen molar-refractivity contribution in [3.63, 3.8) is 0 Å². The molecule has 0 saturated carbocycles. The van der Waals surface area contributed by atoms with Gasteiger partial charge in [0.05, 0.1) is 11.6 Å². The Morgan fingerprint density at radius 1 is 1.53 bits per heavy atom. The molecule has 0 fully saturated rings. The highest BCUT2D eigenvalue weighted by Crippen LogP contribution is 2.31. The van der Waals surface area contributed by atoms with Gasteiger partial charge in [-0.05, 0) is 42.0 Å². The number of aliphatic hydroxyl groups is 1. The summed E-state index contributed by atoms with van der Waals surface area (Å²) in [6, 6.07) is 5.34. The van der Waals surface area contributed by atoms with Gasteiger partial charge in [-0.25, -0.2) is 4.79 Å². The summed E-state index contributed by atoms with van der Waals surface area (Å²) in [5, 5.41) is 29.0. The number of nitrogens with zero attached hydrogens (tertiary/aromatic N) is 1. The Bertz CT molecular complexity index is 505. The lowest BCUT2D eigenvalue weighted by molar-refractivity contribution is 0.209. The molecule has 0 radical (unpaired) electrons. The molecular weight excluding hydrogens is 220 g/mol. The van der Waals surface area contributed by atoms with E-state index in [9.17, 15) is 4.79 Å². The largest absolute Gasteiger partial charge is 0.465 e. The lowest BCUT2D eigenvalue weighted by Crippen LogP contribution is -2.08. The summed E-state index contributed by atoms with van der Waals surface area (Å²) in [4.78, 5) is 10.6. The van der Waals surface area contributed by atoms with Crippen molar-refractivity contribution in [2.24, 2.45) is 5.92 Å². The van der Waals surface area contributed by atoms with Crippen LogP contribution in [-0.4, -0.2) is 22.9 Å². The quantitative estimate of drug-likeness (QED) is 0.717.